The van der Waals surface area contributed by atoms with E-state index in [2.05, 4.69) is 16.2 Å². The first-order valence-corrected chi connectivity index (χ1v) is 5.66. The zero-order chi connectivity index (χ0) is 13.8. The number of anilines is 1. The Bertz CT molecular complexity index is 651. The molecule has 0 amide bonds. The molecule has 0 aromatic carbocycles. The van der Waals surface area contributed by atoms with Gasteiger partial charge in [0.1, 0.15) is 12.3 Å². The van der Waals surface area contributed by atoms with Gasteiger partial charge in [0.05, 0.1) is 18.1 Å². The SMILES string of the molecule is CN(C)c1cc[nH+]c(-n2cccc2/C=N\O)c1C#N. The maximum absolute atomic E-state index is 9.37. The number of aromatic amines is 1. The second kappa shape index (κ2) is 5.23. The molecule has 0 aliphatic heterocycles. The summed E-state index contributed by atoms with van der Waals surface area (Å²) in [5.41, 5.74) is 2.01. The number of hydrogen-bond acceptors (Lipinski definition) is 4. The first-order valence-electron chi connectivity index (χ1n) is 5.66. The summed E-state index contributed by atoms with van der Waals surface area (Å²) >= 11 is 0. The smallest absolute Gasteiger partial charge is 0.304 e. The van der Waals surface area contributed by atoms with Crippen molar-refractivity contribution in [3.63, 3.8) is 0 Å². The van der Waals surface area contributed by atoms with Crippen molar-refractivity contribution < 1.29 is 10.2 Å². The molecule has 0 fully saturated rings. The number of pyridine rings is 1. The number of rotatable bonds is 3. The van der Waals surface area contributed by atoms with Crippen LogP contribution in [0.1, 0.15) is 11.3 Å². The zero-order valence-corrected chi connectivity index (χ0v) is 10.7. The maximum atomic E-state index is 9.37. The Labute approximate surface area is 110 Å². The topological polar surface area (TPSA) is 78.7 Å². The van der Waals surface area contributed by atoms with Crippen LogP contribution in [0.25, 0.3) is 5.82 Å². The highest BCUT2D eigenvalue weighted by Gasteiger charge is 2.20. The summed E-state index contributed by atoms with van der Waals surface area (Å²) in [4.78, 5) is 4.93. The van der Waals surface area contributed by atoms with Crippen molar-refractivity contribution in [2.75, 3.05) is 19.0 Å². The summed E-state index contributed by atoms with van der Waals surface area (Å²) in [5.74, 6) is 0.633. The second-order valence-electron chi connectivity index (χ2n) is 4.14. The molecule has 0 bridgehead atoms. The summed E-state index contributed by atoms with van der Waals surface area (Å²) in [6.07, 6.45) is 4.88. The number of H-pyrrole nitrogens is 1. The van der Waals surface area contributed by atoms with Gasteiger partial charge in [0.2, 0.25) is 0 Å². The minimum Gasteiger partial charge on any atom is -0.411 e. The van der Waals surface area contributed by atoms with Crippen LogP contribution in [0.15, 0.2) is 35.7 Å². The number of nitriles is 1. The van der Waals surface area contributed by atoms with Gasteiger partial charge in [-0.2, -0.15) is 9.83 Å². The highest BCUT2D eigenvalue weighted by atomic mass is 16.4. The number of hydrogen-bond donors (Lipinski definition) is 1. The van der Waals surface area contributed by atoms with E-state index in [-0.39, 0.29) is 0 Å². The molecular formula is C13H14N5O+. The summed E-state index contributed by atoms with van der Waals surface area (Å²) < 4.78 is 1.76. The van der Waals surface area contributed by atoms with Crippen LogP contribution in [-0.4, -0.2) is 30.1 Å². The molecule has 2 heterocycles. The summed E-state index contributed by atoms with van der Waals surface area (Å²) in [5, 5.41) is 21.1. The van der Waals surface area contributed by atoms with Crippen LogP contribution >= 0.6 is 0 Å². The van der Waals surface area contributed by atoms with E-state index in [1.165, 1.54) is 6.21 Å². The van der Waals surface area contributed by atoms with Gasteiger partial charge >= 0.3 is 5.82 Å². The van der Waals surface area contributed by atoms with Crippen LogP contribution < -0.4 is 9.88 Å². The van der Waals surface area contributed by atoms with E-state index in [9.17, 15) is 5.26 Å². The standard InChI is InChI=1S/C13H13N5O/c1-17(2)12-5-6-15-13(11(12)8-14)18-7-3-4-10(18)9-16-19/h3-7,9,19H,1-2H3/p+1/b16-9-. The number of nitrogens with zero attached hydrogens (tertiary/aromatic N) is 4. The van der Waals surface area contributed by atoms with Crippen molar-refractivity contribution in [3.05, 3.63) is 41.9 Å². The average Bonchev–Trinajstić information content (AvgIpc) is 2.86. The van der Waals surface area contributed by atoms with Gasteiger partial charge in [0.25, 0.3) is 0 Å². The highest BCUT2D eigenvalue weighted by Crippen LogP contribution is 2.21. The molecule has 19 heavy (non-hydrogen) atoms. The minimum absolute atomic E-state index is 0.524. The van der Waals surface area contributed by atoms with E-state index in [0.29, 0.717) is 17.1 Å². The predicted octanol–water partition coefficient (Wildman–Crippen LogP) is 1.04. The molecule has 6 heteroatoms. The monoisotopic (exact) mass is 256 g/mol. The molecule has 2 N–H and O–H groups in total. The van der Waals surface area contributed by atoms with Crippen molar-refractivity contribution >= 4 is 11.9 Å². The largest absolute Gasteiger partial charge is 0.411 e. The zero-order valence-electron chi connectivity index (χ0n) is 10.7. The van der Waals surface area contributed by atoms with Crippen molar-refractivity contribution in [1.82, 2.24) is 4.57 Å². The molecule has 0 atom stereocenters. The second-order valence-corrected chi connectivity index (χ2v) is 4.14. The van der Waals surface area contributed by atoms with Gasteiger partial charge in [-0.3, -0.25) is 0 Å². The number of aromatic nitrogens is 2. The molecule has 96 valence electrons. The first-order chi connectivity index (χ1) is 9.19. The fourth-order valence-electron chi connectivity index (χ4n) is 1.91. The molecule has 2 aromatic rings. The van der Waals surface area contributed by atoms with Gasteiger partial charge in [-0.1, -0.05) is 5.16 Å². The molecule has 0 spiro atoms. The average molecular weight is 256 g/mol. The normalized spacial score (nSPS) is 10.6. The van der Waals surface area contributed by atoms with Crippen LogP contribution in [0.2, 0.25) is 0 Å². The molecule has 2 aromatic heterocycles. The molecule has 0 radical (unpaired) electrons. The van der Waals surface area contributed by atoms with Crippen LogP contribution in [0.5, 0.6) is 0 Å². The lowest BCUT2D eigenvalue weighted by Gasteiger charge is -2.13. The third kappa shape index (κ3) is 2.26. The van der Waals surface area contributed by atoms with Gasteiger partial charge in [-0.15, -0.1) is 0 Å². The number of oxime groups is 1. The van der Waals surface area contributed by atoms with Crippen molar-refractivity contribution in [1.29, 1.82) is 5.26 Å². The third-order valence-electron chi connectivity index (χ3n) is 2.76. The Morgan fingerprint density at radius 2 is 2.26 bits per heavy atom. The van der Waals surface area contributed by atoms with E-state index in [1.54, 1.807) is 23.0 Å². The number of nitrogens with one attached hydrogen (secondary N) is 1. The molecule has 6 nitrogen and oxygen atoms in total. The highest BCUT2D eigenvalue weighted by molar-refractivity contribution is 5.78. The van der Waals surface area contributed by atoms with E-state index in [0.717, 1.165) is 5.69 Å². The van der Waals surface area contributed by atoms with Crippen molar-refractivity contribution in [3.8, 4) is 11.9 Å². The van der Waals surface area contributed by atoms with E-state index in [4.69, 9.17) is 5.21 Å². The molecule has 0 unspecified atom stereocenters. The first kappa shape index (κ1) is 12.6. The van der Waals surface area contributed by atoms with Crippen LogP contribution in [0, 0.1) is 11.3 Å². The lowest BCUT2D eigenvalue weighted by Crippen LogP contribution is -2.20. The fourth-order valence-corrected chi connectivity index (χ4v) is 1.91. The van der Waals surface area contributed by atoms with Crippen LogP contribution in [-0.2, 0) is 0 Å². The van der Waals surface area contributed by atoms with Crippen LogP contribution in [0.4, 0.5) is 5.69 Å². The lowest BCUT2D eigenvalue weighted by molar-refractivity contribution is -0.373. The Balaban J connectivity index is 2.66. The van der Waals surface area contributed by atoms with Crippen LogP contribution in [0.3, 0.4) is 0 Å². The summed E-state index contributed by atoms with van der Waals surface area (Å²) in [6, 6.07) is 7.64. The molecule has 0 saturated heterocycles. The van der Waals surface area contributed by atoms with Crippen molar-refractivity contribution in [2.45, 2.75) is 0 Å². The molecule has 0 saturated carbocycles. The molecule has 2 rings (SSSR count). The van der Waals surface area contributed by atoms with Gasteiger partial charge < -0.3 is 10.1 Å². The predicted molar refractivity (Wildman–Crippen MR) is 70.7 cm³/mol. The molecule has 0 aliphatic carbocycles. The maximum Gasteiger partial charge on any atom is 0.304 e. The van der Waals surface area contributed by atoms with Gasteiger partial charge in [0, 0.05) is 20.2 Å². The van der Waals surface area contributed by atoms with Gasteiger partial charge in [0.15, 0.2) is 11.3 Å². The third-order valence-corrected chi connectivity index (χ3v) is 2.76. The van der Waals surface area contributed by atoms with Gasteiger partial charge in [-0.05, 0) is 12.1 Å². The van der Waals surface area contributed by atoms with Gasteiger partial charge in [-0.25, -0.2) is 4.98 Å². The fraction of sp³-hybridized carbons (Fsp3) is 0.154. The van der Waals surface area contributed by atoms with E-state index >= 15 is 0 Å². The molecule has 0 aliphatic rings. The molecular weight excluding hydrogens is 242 g/mol. The Morgan fingerprint density at radius 3 is 2.89 bits per heavy atom. The Kier molecular flexibility index (Phi) is 3.48. The lowest BCUT2D eigenvalue weighted by atomic mass is 10.2. The minimum atomic E-state index is 0.524. The Morgan fingerprint density at radius 1 is 1.47 bits per heavy atom. The van der Waals surface area contributed by atoms with E-state index in [1.807, 2.05) is 31.1 Å². The summed E-state index contributed by atoms with van der Waals surface area (Å²) in [6.45, 7) is 0. The van der Waals surface area contributed by atoms with Crippen molar-refractivity contribution in [2.24, 2.45) is 5.16 Å². The Hall–Kier alpha value is -2.81. The quantitative estimate of drug-likeness (QED) is 0.506. The summed E-state index contributed by atoms with van der Waals surface area (Å²) in [7, 11) is 3.76. The van der Waals surface area contributed by atoms with E-state index < -0.39 is 0 Å².